The van der Waals surface area contributed by atoms with Gasteiger partial charge in [-0.1, -0.05) is 49.4 Å². The number of anilines is 1. The van der Waals surface area contributed by atoms with E-state index < -0.39 is 0 Å². The fourth-order valence-corrected chi connectivity index (χ4v) is 4.57. The van der Waals surface area contributed by atoms with Crippen molar-refractivity contribution >= 4 is 43.6 Å². The number of fused-ring (bicyclic) bond motifs is 2. The second-order valence-corrected chi connectivity index (χ2v) is 8.18. The largest absolute Gasteiger partial charge is 0.490 e. The molecule has 0 aliphatic rings. The fourth-order valence-electron chi connectivity index (χ4n) is 3.58. The third-order valence-corrected chi connectivity index (χ3v) is 6.37. The molecule has 4 rings (SSSR count). The number of likely N-dealkylation sites (N-methyl/N-ethyl adjacent to an activating group) is 1. The maximum atomic E-state index is 13.6. The van der Waals surface area contributed by atoms with Crippen molar-refractivity contribution in [1.29, 1.82) is 0 Å². The lowest BCUT2D eigenvalue weighted by atomic mass is 10.2. The number of hydrogen-bond acceptors (Lipinski definition) is 6. The molecule has 7 heteroatoms. The number of carbonyl (C=O) groups excluding carboxylic acids is 1. The topological polar surface area (TPSA) is 58.8 Å². The Morgan fingerprint density at radius 3 is 2.61 bits per heavy atom. The van der Waals surface area contributed by atoms with Crippen LogP contribution in [0, 0.1) is 0 Å². The number of ether oxygens (including phenoxy) is 1. The van der Waals surface area contributed by atoms with Crippen LogP contribution in [0.3, 0.4) is 0 Å². The van der Waals surface area contributed by atoms with E-state index in [-0.39, 0.29) is 5.91 Å². The third kappa shape index (κ3) is 4.43. The van der Waals surface area contributed by atoms with E-state index in [4.69, 9.17) is 14.1 Å². The number of carbonyl (C=O) groups is 1. The molecule has 0 atom stereocenters. The van der Waals surface area contributed by atoms with Gasteiger partial charge >= 0.3 is 0 Å². The normalized spacial score (nSPS) is 11.5. The maximum absolute atomic E-state index is 13.6. The van der Waals surface area contributed by atoms with Crippen LogP contribution < -0.4 is 9.64 Å². The van der Waals surface area contributed by atoms with E-state index in [1.807, 2.05) is 49.4 Å². The van der Waals surface area contributed by atoms with Crippen molar-refractivity contribution in [2.24, 2.45) is 0 Å². The van der Waals surface area contributed by atoms with Crippen molar-refractivity contribution in [2.75, 3.05) is 37.7 Å². The molecule has 0 aliphatic carbocycles. The Kier molecular flexibility index (Phi) is 6.53. The van der Waals surface area contributed by atoms with Crippen LogP contribution in [-0.2, 0) is 0 Å². The highest BCUT2D eigenvalue weighted by Gasteiger charge is 2.25. The molecule has 162 valence electrons. The number of rotatable bonds is 9. The molecule has 2 aromatic heterocycles. The smallest absolute Gasteiger partial charge is 0.295 e. The van der Waals surface area contributed by atoms with Gasteiger partial charge in [0.15, 0.2) is 22.2 Å². The first kappa shape index (κ1) is 21.3. The standard InChI is InChI=1S/C24H27N3O3S/c1-4-26(5-2)14-15-27(24-25-18-11-7-8-13-21(18)31-24)23(28)20-16-17-10-9-12-19(29-6-3)22(17)30-20/h7-13,16H,4-6,14-15H2,1-3H3. The highest BCUT2D eigenvalue weighted by Crippen LogP contribution is 2.32. The summed E-state index contributed by atoms with van der Waals surface area (Å²) in [5.41, 5.74) is 1.49. The number of nitrogens with zero attached hydrogens (tertiary/aromatic N) is 3. The summed E-state index contributed by atoms with van der Waals surface area (Å²) in [6.07, 6.45) is 0. The Morgan fingerprint density at radius 2 is 1.87 bits per heavy atom. The number of para-hydroxylation sites is 2. The summed E-state index contributed by atoms with van der Waals surface area (Å²) in [5, 5.41) is 1.53. The Bertz CT molecular complexity index is 1150. The molecule has 0 N–H and O–H groups in total. The van der Waals surface area contributed by atoms with Gasteiger partial charge < -0.3 is 14.1 Å². The van der Waals surface area contributed by atoms with Crippen LogP contribution in [0.5, 0.6) is 5.75 Å². The number of aromatic nitrogens is 1. The van der Waals surface area contributed by atoms with Gasteiger partial charge in [-0.3, -0.25) is 9.69 Å². The van der Waals surface area contributed by atoms with Gasteiger partial charge in [0.2, 0.25) is 0 Å². The van der Waals surface area contributed by atoms with E-state index in [1.165, 1.54) is 11.3 Å². The zero-order valence-electron chi connectivity index (χ0n) is 18.1. The molecule has 0 bridgehead atoms. The van der Waals surface area contributed by atoms with E-state index in [2.05, 4.69) is 18.7 Å². The van der Waals surface area contributed by atoms with Crippen LogP contribution in [0.1, 0.15) is 31.3 Å². The Hall–Kier alpha value is -2.90. The van der Waals surface area contributed by atoms with E-state index in [0.29, 0.717) is 35.4 Å². The first-order valence-electron chi connectivity index (χ1n) is 10.7. The summed E-state index contributed by atoms with van der Waals surface area (Å²) in [4.78, 5) is 22.3. The fraction of sp³-hybridized carbons (Fsp3) is 0.333. The predicted octanol–water partition coefficient (Wildman–Crippen LogP) is 5.43. The van der Waals surface area contributed by atoms with Gasteiger partial charge in [-0.15, -0.1) is 0 Å². The molecule has 0 saturated carbocycles. The lowest BCUT2D eigenvalue weighted by Crippen LogP contribution is -2.38. The summed E-state index contributed by atoms with van der Waals surface area (Å²) in [6, 6.07) is 15.4. The highest BCUT2D eigenvalue weighted by atomic mass is 32.1. The zero-order chi connectivity index (χ0) is 21.8. The van der Waals surface area contributed by atoms with Crippen molar-refractivity contribution in [3.05, 3.63) is 54.3 Å². The monoisotopic (exact) mass is 437 g/mol. The summed E-state index contributed by atoms with van der Waals surface area (Å²) in [6.45, 7) is 9.88. The molecule has 0 aliphatic heterocycles. The summed E-state index contributed by atoms with van der Waals surface area (Å²) < 4.78 is 12.7. The molecule has 6 nitrogen and oxygen atoms in total. The van der Waals surface area contributed by atoms with E-state index >= 15 is 0 Å². The maximum Gasteiger partial charge on any atom is 0.295 e. The highest BCUT2D eigenvalue weighted by molar-refractivity contribution is 7.22. The second kappa shape index (κ2) is 9.49. The van der Waals surface area contributed by atoms with Crippen LogP contribution in [0.15, 0.2) is 52.9 Å². The number of thiazole rings is 1. The quantitative estimate of drug-likeness (QED) is 0.349. The average molecular weight is 438 g/mol. The Morgan fingerprint density at radius 1 is 1.06 bits per heavy atom. The number of hydrogen-bond donors (Lipinski definition) is 0. The van der Waals surface area contributed by atoms with Crippen molar-refractivity contribution in [2.45, 2.75) is 20.8 Å². The van der Waals surface area contributed by atoms with Gasteiger partial charge in [0.25, 0.3) is 5.91 Å². The minimum Gasteiger partial charge on any atom is -0.490 e. The van der Waals surface area contributed by atoms with Gasteiger partial charge in [0.05, 0.1) is 16.8 Å². The van der Waals surface area contributed by atoms with Crippen molar-refractivity contribution in [3.8, 4) is 5.75 Å². The first-order valence-corrected chi connectivity index (χ1v) is 11.5. The van der Waals surface area contributed by atoms with E-state index in [0.717, 1.165) is 35.2 Å². The first-order chi connectivity index (χ1) is 15.1. The molecule has 0 spiro atoms. The number of furan rings is 1. The van der Waals surface area contributed by atoms with Gasteiger partial charge in [0, 0.05) is 18.5 Å². The molecule has 31 heavy (non-hydrogen) atoms. The van der Waals surface area contributed by atoms with Crippen molar-refractivity contribution in [3.63, 3.8) is 0 Å². The van der Waals surface area contributed by atoms with Crippen LogP contribution in [0.25, 0.3) is 21.2 Å². The summed E-state index contributed by atoms with van der Waals surface area (Å²) in [7, 11) is 0. The van der Waals surface area contributed by atoms with Gasteiger partial charge in [-0.2, -0.15) is 0 Å². The molecule has 0 radical (unpaired) electrons. The number of amides is 1. The van der Waals surface area contributed by atoms with Crippen molar-refractivity contribution in [1.82, 2.24) is 9.88 Å². The predicted molar refractivity (Wildman–Crippen MR) is 126 cm³/mol. The minimum absolute atomic E-state index is 0.190. The van der Waals surface area contributed by atoms with Gasteiger partial charge in [0.1, 0.15) is 0 Å². The molecule has 2 aromatic carbocycles. The van der Waals surface area contributed by atoms with Crippen LogP contribution in [0.4, 0.5) is 5.13 Å². The molecular weight excluding hydrogens is 410 g/mol. The van der Waals surface area contributed by atoms with Crippen LogP contribution >= 0.6 is 11.3 Å². The molecule has 0 fully saturated rings. The molecule has 0 unspecified atom stereocenters. The molecular formula is C24H27N3O3S. The summed E-state index contributed by atoms with van der Waals surface area (Å²) >= 11 is 1.52. The van der Waals surface area contributed by atoms with Gasteiger partial charge in [-0.25, -0.2) is 4.98 Å². The van der Waals surface area contributed by atoms with Gasteiger partial charge in [-0.05, 0) is 44.3 Å². The van der Waals surface area contributed by atoms with Crippen molar-refractivity contribution < 1.29 is 13.9 Å². The average Bonchev–Trinajstić information content (AvgIpc) is 3.41. The number of benzene rings is 2. The third-order valence-electron chi connectivity index (χ3n) is 5.31. The molecule has 2 heterocycles. The van der Waals surface area contributed by atoms with Crippen LogP contribution in [0.2, 0.25) is 0 Å². The Balaban J connectivity index is 1.70. The molecule has 4 aromatic rings. The van der Waals surface area contributed by atoms with E-state index in [1.54, 1.807) is 11.0 Å². The minimum atomic E-state index is -0.190. The lowest BCUT2D eigenvalue weighted by Gasteiger charge is -2.24. The Labute approximate surface area is 186 Å². The molecule has 0 saturated heterocycles. The second-order valence-electron chi connectivity index (χ2n) is 7.17. The van der Waals surface area contributed by atoms with E-state index in [9.17, 15) is 4.79 Å². The van der Waals surface area contributed by atoms with Crippen LogP contribution in [-0.4, -0.2) is 48.6 Å². The molecule has 1 amide bonds. The SMILES string of the molecule is CCOc1cccc2cc(C(=O)N(CCN(CC)CC)c3nc4ccccc4s3)oc12. The zero-order valence-corrected chi connectivity index (χ0v) is 18.9. The lowest BCUT2D eigenvalue weighted by molar-refractivity contribution is 0.0959. The summed E-state index contributed by atoms with van der Waals surface area (Å²) in [5.74, 6) is 0.750.